The van der Waals surface area contributed by atoms with Gasteiger partial charge in [0.1, 0.15) is 17.3 Å². The molecule has 1 aliphatic carbocycles. The molecule has 0 bridgehead atoms. The van der Waals surface area contributed by atoms with E-state index in [1.54, 1.807) is 13.8 Å². The van der Waals surface area contributed by atoms with E-state index < -0.39 is 29.2 Å². The second kappa shape index (κ2) is 10.6. The van der Waals surface area contributed by atoms with Gasteiger partial charge in [-0.05, 0) is 32.1 Å². The third-order valence-electron chi connectivity index (χ3n) is 4.71. The summed E-state index contributed by atoms with van der Waals surface area (Å²) in [5, 5.41) is 9.32. The molecule has 0 aromatic heterocycles. The largest absolute Gasteiger partial charge is 0.481 e. The fraction of sp³-hybridized carbons (Fsp3) is 0.714. The zero-order valence-corrected chi connectivity index (χ0v) is 17.7. The summed E-state index contributed by atoms with van der Waals surface area (Å²) >= 11 is 0. The van der Waals surface area contributed by atoms with E-state index in [1.807, 2.05) is 0 Å². The normalized spacial score (nSPS) is 19.8. The van der Waals surface area contributed by atoms with Gasteiger partial charge in [-0.15, -0.1) is 0 Å². The molecular weight excluding hydrogens is 380 g/mol. The van der Waals surface area contributed by atoms with Gasteiger partial charge in [-0.25, -0.2) is 0 Å². The van der Waals surface area contributed by atoms with Gasteiger partial charge in [0.15, 0.2) is 0 Å². The Kier molecular flexibility index (Phi) is 9.14. The van der Waals surface area contributed by atoms with Crippen molar-refractivity contribution in [1.29, 1.82) is 0 Å². The van der Waals surface area contributed by atoms with E-state index in [0.29, 0.717) is 0 Å². The molecule has 0 spiro atoms. The van der Waals surface area contributed by atoms with Gasteiger partial charge in [0.05, 0.1) is 25.7 Å². The van der Waals surface area contributed by atoms with Gasteiger partial charge in [0.2, 0.25) is 0 Å². The number of hydrogen-bond donors (Lipinski definition) is 1. The summed E-state index contributed by atoms with van der Waals surface area (Å²) in [5.74, 6) is 1.43. The smallest absolute Gasteiger partial charge is 0.353 e. The maximum atomic E-state index is 11.4. The maximum absolute atomic E-state index is 11.4. The van der Waals surface area contributed by atoms with Crippen LogP contribution in [-0.2, 0) is 33.4 Å². The molecule has 1 N–H and O–H groups in total. The zero-order chi connectivity index (χ0) is 22.2. The summed E-state index contributed by atoms with van der Waals surface area (Å²) in [4.78, 5) is 45.2. The minimum Gasteiger partial charge on any atom is -0.481 e. The highest BCUT2D eigenvalue weighted by Crippen LogP contribution is 2.57. The first-order chi connectivity index (χ1) is 13.4. The van der Waals surface area contributed by atoms with Gasteiger partial charge < -0.3 is 19.3 Å². The summed E-state index contributed by atoms with van der Waals surface area (Å²) in [7, 11) is 0. The summed E-state index contributed by atoms with van der Waals surface area (Å²) in [6.07, 6.45) is 0.298. The van der Waals surface area contributed by atoms with Crippen molar-refractivity contribution in [2.75, 3.05) is 19.8 Å². The lowest BCUT2D eigenvalue weighted by Crippen LogP contribution is -2.39. The van der Waals surface area contributed by atoms with Crippen LogP contribution in [0.2, 0.25) is 0 Å². The van der Waals surface area contributed by atoms with Crippen LogP contribution in [0, 0.1) is 29.1 Å². The summed E-state index contributed by atoms with van der Waals surface area (Å²) in [5.41, 5.74) is -0.511. The number of carbonyl (C=O) groups is 4. The van der Waals surface area contributed by atoms with Crippen LogP contribution in [0.5, 0.6) is 0 Å². The van der Waals surface area contributed by atoms with Gasteiger partial charge in [0.25, 0.3) is 0 Å². The van der Waals surface area contributed by atoms with Crippen LogP contribution >= 0.6 is 0 Å². The Morgan fingerprint density at radius 3 is 1.52 bits per heavy atom. The third kappa shape index (κ3) is 8.05. The number of carboxylic acids is 1. The molecule has 162 valence electrons. The van der Waals surface area contributed by atoms with E-state index in [1.165, 1.54) is 20.8 Å². The first-order valence-corrected chi connectivity index (χ1v) is 9.57. The molecule has 29 heavy (non-hydrogen) atoms. The van der Waals surface area contributed by atoms with Crippen LogP contribution in [0.3, 0.4) is 0 Å². The number of carboxylic acid groups (broad SMARTS) is 1. The van der Waals surface area contributed by atoms with Gasteiger partial charge >= 0.3 is 11.9 Å². The topological polar surface area (TPSA) is 116 Å². The Morgan fingerprint density at radius 2 is 1.24 bits per heavy atom. The molecule has 1 aliphatic rings. The fourth-order valence-corrected chi connectivity index (χ4v) is 2.75. The Labute approximate surface area is 171 Å². The van der Waals surface area contributed by atoms with Crippen molar-refractivity contribution >= 4 is 23.3 Å². The average molecular weight is 410 g/mol. The molecule has 1 fully saturated rings. The van der Waals surface area contributed by atoms with Crippen molar-refractivity contribution in [1.82, 2.24) is 0 Å². The third-order valence-corrected chi connectivity index (χ3v) is 4.71. The van der Waals surface area contributed by atoms with Crippen molar-refractivity contribution in [3.05, 3.63) is 0 Å². The molecule has 8 heteroatoms. The molecule has 1 rings (SSSR count). The quantitative estimate of drug-likeness (QED) is 0.362. The number of rotatable bonds is 13. The molecule has 2 unspecified atom stereocenters. The van der Waals surface area contributed by atoms with E-state index in [0.717, 1.165) is 0 Å². The number of ketones is 3. The van der Waals surface area contributed by atoms with Crippen LogP contribution in [0.1, 0.15) is 53.9 Å². The average Bonchev–Trinajstić information content (AvgIpc) is 3.13. The lowest BCUT2D eigenvalue weighted by molar-refractivity contribution is -0.342. The lowest BCUT2D eigenvalue weighted by Gasteiger charge is -2.28. The number of Topliss-reactive ketones (excluding diaryl/α,β-unsaturated/α-hetero) is 3. The number of ether oxygens (including phenoxy) is 3. The van der Waals surface area contributed by atoms with E-state index in [2.05, 4.69) is 11.8 Å². The Balaban J connectivity index is 3.07. The fourth-order valence-electron chi connectivity index (χ4n) is 2.75. The highest BCUT2D eigenvalue weighted by molar-refractivity contribution is 5.77. The highest BCUT2D eigenvalue weighted by Gasteiger charge is 2.62. The van der Waals surface area contributed by atoms with Crippen molar-refractivity contribution in [2.45, 2.75) is 59.9 Å². The van der Waals surface area contributed by atoms with Crippen molar-refractivity contribution in [2.24, 2.45) is 17.3 Å². The Bertz CT molecular complexity index is 647. The first kappa shape index (κ1) is 25.0. The monoisotopic (exact) mass is 410 g/mol. The first-order valence-electron chi connectivity index (χ1n) is 9.57. The molecule has 0 aromatic rings. The minimum absolute atomic E-state index is 0.0411. The maximum Gasteiger partial charge on any atom is 0.353 e. The van der Waals surface area contributed by atoms with E-state index >= 15 is 0 Å². The SMILES string of the molecule is CC(=O)CCOC(C#CC1C(C(=O)O)C1(C)C)(OCCC(C)=O)OCCC(C)=O. The van der Waals surface area contributed by atoms with E-state index in [4.69, 9.17) is 14.2 Å². The second-order valence-electron chi connectivity index (χ2n) is 7.84. The van der Waals surface area contributed by atoms with Crippen molar-refractivity contribution < 1.29 is 38.5 Å². The number of hydrogen-bond acceptors (Lipinski definition) is 7. The van der Waals surface area contributed by atoms with Gasteiger partial charge in [-0.1, -0.05) is 19.8 Å². The van der Waals surface area contributed by atoms with E-state index in [-0.39, 0.29) is 56.4 Å². The standard InChI is InChI=1S/C21H30O8/c1-14(22)7-11-27-21(28-12-8-15(2)23,29-13-9-16(3)24)10-6-17-18(19(25)26)20(17,4)5/h17-18H,7-9,11-13H2,1-5H3,(H,25,26). The Morgan fingerprint density at radius 1 is 0.862 bits per heavy atom. The lowest BCUT2D eigenvalue weighted by atomic mass is 10.1. The molecule has 0 radical (unpaired) electrons. The van der Waals surface area contributed by atoms with Gasteiger partial charge in [0, 0.05) is 25.2 Å². The molecule has 0 heterocycles. The molecule has 1 saturated carbocycles. The molecular formula is C21H30O8. The van der Waals surface area contributed by atoms with E-state index in [9.17, 15) is 24.3 Å². The van der Waals surface area contributed by atoms with Crippen LogP contribution in [-0.4, -0.2) is 54.2 Å². The van der Waals surface area contributed by atoms with Crippen LogP contribution in [0.15, 0.2) is 0 Å². The Hall–Kier alpha value is -2.08. The molecule has 0 aliphatic heterocycles. The summed E-state index contributed by atoms with van der Waals surface area (Å²) in [6, 6.07) is 0. The number of carbonyl (C=O) groups excluding carboxylic acids is 3. The minimum atomic E-state index is -1.89. The summed E-state index contributed by atoms with van der Waals surface area (Å²) in [6.45, 7) is 7.71. The van der Waals surface area contributed by atoms with Gasteiger partial charge in [-0.3, -0.25) is 19.2 Å². The highest BCUT2D eigenvalue weighted by atomic mass is 16.9. The molecule has 2 atom stereocenters. The predicted octanol–water partition coefficient (Wildman–Crippen LogP) is 1.99. The molecule has 0 aromatic carbocycles. The van der Waals surface area contributed by atoms with Crippen molar-refractivity contribution in [3.8, 4) is 11.8 Å². The zero-order valence-electron chi connectivity index (χ0n) is 17.7. The molecule has 0 amide bonds. The van der Waals surface area contributed by atoms with Crippen LogP contribution < -0.4 is 0 Å². The van der Waals surface area contributed by atoms with Crippen molar-refractivity contribution in [3.63, 3.8) is 0 Å². The van der Waals surface area contributed by atoms with Crippen LogP contribution in [0.25, 0.3) is 0 Å². The predicted molar refractivity (Wildman–Crippen MR) is 103 cm³/mol. The van der Waals surface area contributed by atoms with Crippen LogP contribution in [0.4, 0.5) is 0 Å². The van der Waals surface area contributed by atoms with Gasteiger partial charge in [-0.2, -0.15) is 0 Å². The second-order valence-corrected chi connectivity index (χ2v) is 7.84. The molecule has 0 saturated heterocycles. The number of aliphatic carboxylic acids is 1. The summed E-state index contributed by atoms with van der Waals surface area (Å²) < 4.78 is 16.9. The molecule has 8 nitrogen and oxygen atoms in total.